The van der Waals surface area contributed by atoms with E-state index in [0.29, 0.717) is 43.8 Å². The zero-order valence-electron chi connectivity index (χ0n) is 18.5. The van der Waals surface area contributed by atoms with Gasteiger partial charge in [0.2, 0.25) is 5.91 Å². The van der Waals surface area contributed by atoms with Gasteiger partial charge >= 0.3 is 6.18 Å². The molecule has 0 radical (unpaired) electrons. The second kappa shape index (κ2) is 11.7. The molecule has 0 bridgehead atoms. The predicted molar refractivity (Wildman–Crippen MR) is 113 cm³/mol. The van der Waals surface area contributed by atoms with E-state index in [-0.39, 0.29) is 18.9 Å². The van der Waals surface area contributed by atoms with Gasteiger partial charge in [-0.05, 0) is 12.1 Å². The number of anilines is 1. The molecule has 2 aliphatic heterocycles. The monoisotopic (exact) mass is 496 g/mol. The van der Waals surface area contributed by atoms with E-state index in [1.807, 2.05) is 11.0 Å². The maximum absolute atomic E-state index is 13.1. The number of nitrogens with zero attached hydrogens (tertiary/aromatic N) is 6. The minimum Gasteiger partial charge on any atom is -0.492 e. The van der Waals surface area contributed by atoms with Crippen molar-refractivity contribution in [2.45, 2.75) is 18.7 Å². The predicted octanol–water partition coefficient (Wildman–Crippen LogP) is 1.40. The second-order valence-corrected chi connectivity index (χ2v) is 7.68. The first kappa shape index (κ1) is 26.0. The molecule has 1 fully saturated rings. The molecule has 0 spiro atoms. The lowest BCUT2D eigenvalue weighted by atomic mass is 10.1. The van der Waals surface area contributed by atoms with Gasteiger partial charge < -0.3 is 24.4 Å². The van der Waals surface area contributed by atoms with E-state index in [1.54, 1.807) is 17.0 Å². The smallest absolute Gasteiger partial charge is 0.407 e. The van der Waals surface area contributed by atoms with Crippen LogP contribution in [0.3, 0.4) is 0 Å². The molecular weight excluding hydrogens is 473 g/mol. The minimum absolute atomic E-state index is 0.00614. The summed E-state index contributed by atoms with van der Waals surface area (Å²) in [5.41, 5.74) is 0.462. The number of aliphatic hydroxyl groups is 1. The summed E-state index contributed by atoms with van der Waals surface area (Å²) in [5.74, 6) is -4.23. The average molecular weight is 496 g/mol. The molecule has 14 heteroatoms. The molecule has 188 valence electrons. The Kier molecular flexibility index (Phi) is 8.72. The molecule has 2 atom stereocenters. The number of pyridine rings is 1. The van der Waals surface area contributed by atoms with Crippen molar-refractivity contribution in [3.05, 3.63) is 35.9 Å². The van der Waals surface area contributed by atoms with Crippen LogP contribution in [0, 0.1) is 17.2 Å². The van der Waals surface area contributed by atoms with Crippen LogP contribution < -0.4 is 4.90 Å². The fourth-order valence-electron chi connectivity index (χ4n) is 3.46. The van der Waals surface area contributed by atoms with Crippen LogP contribution in [0.25, 0.3) is 0 Å². The molecule has 1 saturated heterocycles. The van der Waals surface area contributed by atoms with Crippen molar-refractivity contribution in [1.82, 2.24) is 9.88 Å². The van der Waals surface area contributed by atoms with Crippen LogP contribution in [0.2, 0.25) is 0 Å². The molecule has 0 saturated carbocycles. The molecule has 3 rings (SSSR count). The van der Waals surface area contributed by atoms with Crippen molar-refractivity contribution in [2.24, 2.45) is 16.1 Å². The maximum atomic E-state index is 13.1. The van der Waals surface area contributed by atoms with Crippen molar-refractivity contribution >= 4 is 17.6 Å². The van der Waals surface area contributed by atoms with E-state index in [4.69, 9.17) is 14.7 Å². The fraction of sp³-hybridized carbons (Fsp3) is 0.524. The summed E-state index contributed by atoms with van der Waals surface area (Å²) >= 11 is 0. The van der Waals surface area contributed by atoms with E-state index < -0.39 is 43.1 Å². The van der Waals surface area contributed by atoms with Crippen molar-refractivity contribution in [3.63, 3.8) is 0 Å². The van der Waals surface area contributed by atoms with E-state index in [0.717, 1.165) is 0 Å². The molecule has 1 aromatic heterocycles. The quantitative estimate of drug-likeness (QED) is 0.541. The first-order valence-corrected chi connectivity index (χ1v) is 10.7. The average Bonchev–Trinajstić information content (AvgIpc) is 2.85. The highest BCUT2D eigenvalue weighted by molar-refractivity contribution is 5.83. The van der Waals surface area contributed by atoms with E-state index in [2.05, 4.69) is 15.2 Å². The molecule has 1 unspecified atom stereocenters. The zero-order valence-corrected chi connectivity index (χ0v) is 18.5. The number of hydrogen-bond acceptors (Lipinski definition) is 9. The summed E-state index contributed by atoms with van der Waals surface area (Å²) in [6.07, 6.45) is -3.71. The highest BCUT2D eigenvalue weighted by Crippen LogP contribution is 2.35. The number of carbonyl (C=O) groups excluding carboxylic acids is 2. The third kappa shape index (κ3) is 6.96. The lowest BCUT2D eigenvalue weighted by Crippen LogP contribution is -2.49. The fourth-order valence-corrected chi connectivity index (χ4v) is 3.46. The third-order valence-corrected chi connectivity index (χ3v) is 5.34. The van der Waals surface area contributed by atoms with Crippen LogP contribution in [0.15, 0.2) is 40.5 Å². The first-order valence-electron chi connectivity index (χ1n) is 10.7. The molecule has 11 nitrogen and oxygen atoms in total. The molecular formula is C21H23F3N6O5. The van der Waals surface area contributed by atoms with Gasteiger partial charge in [0.15, 0.2) is 5.92 Å². The van der Waals surface area contributed by atoms with Crippen LogP contribution >= 0.6 is 0 Å². The van der Waals surface area contributed by atoms with Gasteiger partial charge in [-0.3, -0.25) is 9.59 Å². The zero-order chi connectivity index (χ0) is 25.4. The Morgan fingerprint density at radius 3 is 2.63 bits per heavy atom. The molecule has 3 heterocycles. The Balaban J connectivity index is 1.40. The number of rotatable bonds is 9. The number of carbonyl (C=O) groups is 2. The summed E-state index contributed by atoms with van der Waals surface area (Å²) in [6.45, 7) is 0.927. The number of azo groups is 1. The largest absolute Gasteiger partial charge is 0.492 e. The highest BCUT2D eigenvalue weighted by Gasteiger charge is 2.50. The number of ether oxygens (including phenoxy) is 2. The number of alkyl halides is 3. The Morgan fingerprint density at radius 1 is 1.29 bits per heavy atom. The summed E-state index contributed by atoms with van der Waals surface area (Å²) in [6, 6.07) is 5.43. The van der Waals surface area contributed by atoms with Crippen LogP contribution in [0.1, 0.15) is 12.0 Å². The normalized spacial score (nSPS) is 19.2. The summed E-state index contributed by atoms with van der Waals surface area (Å²) in [5, 5.41) is 24.4. The minimum atomic E-state index is -4.90. The lowest BCUT2D eigenvalue weighted by molar-refractivity contribution is -0.182. The standard InChI is InChI=1S/C21H23F3N6O5/c22-21(23,24)19-16(11-27-28-20(19)33)35-13-15(12-31)34-8-3-18(32)30-6-4-29(5-7-30)17-2-1-14(9-25)10-26-17/h1-2,10-11,15,19,31H,3-8,12-13H2/t15-,19?/m0/s1. The molecule has 2 amide bonds. The van der Waals surface area contributed by atoms with Gasteiger partial charge in [-0.25, -0.2) is 4.98 Å². The Bertz CT molecular complexity index is 1000. The number of halogens is 3. The Morgan fingerprint density at radius 2 is 2.03 bits per heavy atom. The van der Waals surface area contributed by atoms with Crippen molar-refractivity contribution in [3.8, 4) is 6.07 Å². The maximum Gasteiger partial charge on any atom is 0.407 e. The van der Waals surface area contributed by atoms with E-state index in [9.17, 15) is 27.9 Å². The highest BCUT2D eigenvalue weighted by atomic mass is 19.4. The molecule has 0 aromatic carbocycles. The molecule has 1 aromatic rings. The molecule has 0 aliphatic carbocycles. The van der Waals surface area contributed by atoms with E-state index in [1.165, 1.54) is 6.20 Å². The van der Waals surface area contributed by atoms with Gasteiger partial charge in [0.1, 0.15) is 30.4 Å². The van der Waals surface area contributed by atoms with Crippen LogP contribution in [0.4, 0.5) is 19.0 Å². The molecule has 35 heavy (non-hydrogen) atoms. The number of nitriles is 1. The molecule has 2 aliphatic rings. The van der Waals surface area contributed by atoms with Gasteiger partial charge in [-0.1, -0.05) is 0 Å². The van der Waals surface area contributed by atoms with Crippen molar-refractivity contribution < 1.29 is 37.3 Å². The summed E-state index contributed by atoms with van der Waals surface area (Å²) in [4.78, 5) is 31.8. The Labute approximate surface area is 198 Å². The van der Waals surface area contributed by atoms with E-state index >= 15 is 0 Å². The second-order valence-electron chi connectivity index (χ2n) is 7.68. The van der Waals surface area contributed by atoms with Crippen molar-refractivity contribution in [2.75, 3.05) is 50.9 Å². The number of hydrogen-bond donors (Lipinski definition) is 1. The number of aliphatic hydroxyl groups excluding tert-OH is 1. The third-order valence-electron chi connectivity index (χ3n) is 5.34. The van der Waals surface area contributed by atoms with Crippen LogP contribution in [-0.4, -0.2) is 85.1 Å². The van der Waals surface area contributed by atoms with Crippen molar-refractivity contribution in [1.29, 1.82) is 5.26 Å². The van der Waals surface area contributed by atoms with Gasteiger partial charge in [-0.2, -0.15) is 23.5 Å². The SMILES string of the molecule is N#Cc1ccc(N2CCN(C(=O)CCO[C@@H](CO)COC3=CN=NC(=O)C3C(F)(F)F)CC2)nc1. The van der Waals surface area contributed by atoms with Gasteiger partial charge in [-0.15, -0.1) is 5.11 Å². The summed E-state index contributed by atoms with van der Waals surface area (Å²) in [7, 11) is 0. The number of amides is 2. The number of piperazine rings is 1. The number of aromatic nitrogens is 1. The van der Waals surface area contributed by atoms with Gasteiger partial charge in [0, 0.05) is 32.4 Å². The summed E-state index contributed by atoms with van der Waals surface area (Å²) < 4.78 is 49.7. The first-order chi connectivity index (χ1) is 16.7. The van der Waals surface area contributed by atoms with Crippen LogP contribution in [0.5, 0.6) is 0 Å². The Hall–Kier alpha value is -3.57. The van der Waals surface area contributed by atoms with Gasteiger partial charge in [0.05, 0.1) is 31.4 Å². The van der Waals surface area contributed by atoms with Crippen LogP contribution in [-0.2, 0) is 19.1 Å². The topological polar surface area (TPSA) is 141 Å². The lowest BCUT2D eigenvalue weighted by Gasteiger charge is -2.35. The molecule has 1 N–H and O–H groups in total. The van der Waals surface area contributed by atoms with Gasteiger partial charge in [0.25, 0.3) is 5.91 Å².